The maximum atomic E-state index is 12.6. The molecule has 0 unspecified atom stereocenters. The number of hydrogen-bond donors (Lipinski definition) is 1. The molecule has 0 radical (unpaired) electrons. The van der Waals surface area contributed by atoms with E-state index in [1.165, 1.54) is 12.1 Å². The number of nitro benzene ring substituents is 1. The molecule has 2 heterocycles. The van der Waals surface area contributed by atoms with E-state index in [0.29, 0.717) is 25.5 Å². The second-order valence-corrected chi connectivity index (χ2v) is 6.47. The summed E-state index contributed by atoms with van der Waals surface area (Å²) in [5, 5.41) is 14.2. The Morgan fingerprint density at radius 2 is 1.96 bits per heavy atom. The Balaban J connectivity index is 1.50. The number of halogens is 3. The second-order valence-electron chi connectivity index (χ2n) is 6.47. The van der Waals surface area contributed by atoms with Gasteiger partial charge in [0.2, 0.25) is 0 Å². The zero-order valence-electron chi connectivity index (χ0n) is 14.4. The van der Waals surface area contributed by atoms with Gasteiger partial charge in [0.1, 0.15) is 5.82 Å². The van der Waals surface area contributed by atoms with E-state index in [-0.39, 0.29) is 11.7 Å². The summed E-state index contributed by atoms with van der Waals surface area (Å²) in [6.07, 6.45) is -1.88. The van der Waals surface area contributed by atoms with Crippen LogP contribution in [0, 0.1) is 10.1 Å². The zero-order chi connectivity index (χ0) is 19.4. The highest BCUT2D eigenvalue weighted by molar-refractivity contribution is 5.40. The van der Waals surface area contributed by atoms with Gasteiger partial charge < -0.3 is 10.2 Å². The first-order valence-corrected chi connectivity index (χ1v) is 8.58. The number of rotatable bonds is 5. The molecule has 6 nitrogen and oxygen atoms in total. The van der Waals surface area contributed by atoms with Gasteiger partial charge in [-0.3, -0.25) is 10.1 Å². The summed E-state index contributed by atoms with van der Waals surface area (Å²) in [5.41, 5.74) is 0.160. The minimum atomic E-state index is -4.38. The Kier molecular flexibility index (Phi) is 5.59. The molecule has 0 saturated carbocycles. The van der Waals surface area contributed by atoms with E-state index in [4.69, 9.17) is 0 Å². The van der Waals surface area contributed by atoms with E-state index >= 15 is 0 Å². The largest absolute Gasteiger partial charge is 0.417 e. The van der Waals surface area contributed by atoms with Gasteiger partial charge in [-0.1, -0.05) is 12.1 Å². The van der Waals surface area contributed by atoms with Crippen molar-refractivity contribution < 1.29 is 18.1 Å². The van der Waals surface area contributed by atoms with Crippen molar-refractivity contribution in [3.8, 4) is 0 Å². The summed E-state index contributed by atoms with van der Waals surface area (Å²) < 4.78 is 37.8. The van der Waals surface area contributed by atoms with Crippen LogP contribution in [-0.2, 0) is 12.7 Å². The van der Waals surface area contributed by atoms with Crippen molar-refractivity contribution in [3.63, 3.8) is 0 Å². The van der Waals surface area contributed by atoms with Gasteiger partial charge in [0.25, 0.3) is 5.69 Å². The zero-order valence-corrected chi connectivity index (χ0v) is 14.4. The molecule has 2 aromatic rings. The third kappa shape index (κ3) is 4.94. The Hall–Kier alpha value is -2.68. The van der Waals surface area contributed by atoms with E-state index in [0.717, 1.165) is 30.7 Å². The summed E-state index contributed by atoms with van der Waals surface area (Å²) in [5.74, 6) is 0.542. The topological polar surface area (TPSA) is 71.3 Å². The first kappa shape index (κ1) is 19.1. The molecule has 3 rings (SSSR count). The third-order valence-electron chi connectivity index (χ3n) is 4.61. The summed E-state index contributed by atoms with van der Waals surface area (Å²) in [4.78, 5) is 16.3. The van der Waals surface area contributed by atoms with Gasteiger partial charge in [0, 0.05) is 44.0 Å². The molecule has 1 fully saturated rings. The number of pyridine rings is 1. The number of aromatic nitrogens is 1. The van der Waals surface area contributed by atoms with Gasteiger partial charge in [0.05, 0.1) is 10.5 Å². The van der Waals surface area contributed by atoms with Crippen LogP contribution < -0.4 is 10.2 Å². The van der Waals surface area contributed by atoms with Crippen molar-refractivity contribution in [2.45, 2.75) is 31.6 Å². The van der Waals surface area contributed by atoms with Crippen molar-refractivity contribution in [2.24, 2.45) is 0 Å². The van der Waals surface area contributed by atoms with Crippen LogP contribution in [0.5, 0.6) is 0 Å². The van der Waals surface area contributed by atoms with E-state index in [1.54, 1.807) is 12.1 Å². The summed E-state index contributed by atoms with van der Waals surface area (Å²) >= 11 is 0. The van der Waals surface area contributed by atoms with Crippen LogP contribution in [0.4, 0.5) is 24.7 Å². The van der Waals surface area contributed by atoms with Crippen molar-refractivity contribution in [1.82, 2.24) is 10.3 Å². The minimum Gasteiger partial charge on any atom is -0.357 e. The molecular formula is C18H19F3N4O2. The summed E-state index contributed by atoms with van der Waals surface area (Å²) in [7, 11) is 0. The molecule has 27 heavy (non-hydrogen) atoms. The molecule has 0 amide bonds. The Morgan fingerprint density at radius 1 is 1.22 bits per heavy atom. The molecule has 0 spiro atoms. The SMILES string of the molecule is O=[N+]([O-])c1cccc(CNC2CCN(c3ccc(C(F)(F)F)cn3)CC2)c1. The lowest BCUT2D eigenvalue weighted by Gasteiger charge is -2.33. The molecule has 0 bridgehead atoms. The van der Waals surface area contributed by atoms with Gasteiger partial charge >= 0.3 is 6.18 Å². The van der Waals surface area contributed by atoms with Gasteiger partial charge in [-0.25, -0.2) is 4.98 Å². The predicted molar refractivity (Wildman–Crippen MR) is 94.4 cm³/mol. The fourth-order valence-corrected chi connectivity index (χ4v) is 3.10. The van der Waals surface area contributed by atoms with Crippen LogP contribution in [-0.4, -0.2) is 29.0 Å². The first-order chi connectivity index (χ1) is 12.8. The lowest BCUT2D eigenvalue weighted by Crippen LogP contribution is -2.42. The molecule has 1 aromatic carbocycles. The maximum Gasteiger partial charge on any atom is 0.417 e. The van der Waals surface area contributed by atoms with Crippen LogP contribution in [0.2, 0.25) is 0 Å². The number of anilines is 1. The minimum absolute atomic E-state index is 0.0671. The lowest BCUT2D eigenvalue weighted by molar-refractivity contribution is -0.384. The van der Waals surface area contributed by atoms with Crippen molar-refractivity contribution in [1.29, 1.82) is 0 Å². The second kappa shape index (κ2) is 7.91. The number of nitro groups is 1. The maximum absolute atomic E-state index is 12.6. The molecule has 0 aliphatic carbocycles. The number of nitrogens with one attached hydrogen (secondary N) is 1. The average molecular weight is 380 g/mol. The van der Waals surface area contributed by atoms with Crippen LogP contribution in [0.25, 0.3) is 0 Å². The molecule has 9 heteroatoms. The fourth-order valence-electron chi connectivity index (χ4n) is 3.10. The molecule has 144 valence electrons. The van der Waals surface area contributed by atoms with Crippen molar-refractivity contribution >= 4 is 11.5 Å². The van der Waals surface area contributed by atoms with Crippen molar-refractivity contribution in [3.05, 3.63) is 63.8 Å². The molecule has 1 aliphatic rings. The smallest absolute Gasteiger partial charge is 0.357 e. The van der Waals surface area contributed by atoms with E-state index < -0.39 is 16.7 Å². The monoisotopic (exact) mass is 380 g/mol. The number of benzene rings is 1. The quantitative estimate of drug-likeness (QED) is 0.632. The number of piperidine rings is 1. The number of nitrogens with zero attached hydrogens (tertiary/aromatic N) is 3. The molecule has 0 atom stereocenters. The average Bonchev–Trinajstić information content (AvgIpc) is 2.66. The number of non-ortho nitro benzene ring substituents is 1. The standard InChI is InChI=1S/C18H19F3N4O2/c19-18(20,21)14-4-5-17(23-12-14)24-8-6-15(7-9-24)22-11-13-2-1-3-16(10-13)25(26)27/h1-5,10,12,15,22H,6-9,11H2. The van der Waals surface area contributed by atoms with Crippen LogP contribution >= 0.6 is 0 Å². The molecular weight excluding hydrogens is 361 g/mol. The summed E-state index contributed by atoms with van der Waals surface area (Å²) in [6, 6.07) is 9.20. The van der Waals surface area contributed by atoms with Gasteiger partial charge in [-0.15, -0.1) is 0 Å². The first-order valence-electron chi connectivity index (χ1n) is 8.58. The van der Waals surface area contributed by atoms with Crippen molar-refractivity contribution in [2.75, 3.05) is 18.0 Å². The number of hydrogen-bond acceptors (Lipinski definition) is 5. The van der Waals surface area contributed by atoms with Gasteiger partial charge in [-0.05, 0) is 30.5 Å². The number of alkyl halides is 3. The highest BCUT2D eigenvalue weighted by Crippen LogP contribution is 2.29. The van der Waals surface area contributed by atoms with E-state index in [9.17, 15) is 23.3 Å². The van der Waals surface area contributed by atoms with E-state index in [2.05, 4.69) is 10.3 Å². The molecule has 1 aromatic heterocycles. The van der Waals surface area contributed by atoms with Crippen LogP contribution in [0.15, 0.2) is 42.6 Å². The Labute approximate surface area is 154 Å². The molecule has 1 N–H and O–H groups in total. The van der Waals surface area contributed by atoms with Gasteiger partial charge in [-0.2, -0.15) is 13.2 Å². The predicted octanol–water partition coefficient (Wildman–Crippen LogP) is 3.77. The highest BCUT2D eigenvalue weighted by atomic mass is 19.4. The Morgan fingerprint density at radius 3 is 2.56 bits per heavy atom. The fraction of sp³-hybridized carbons (Fsp3) is 0.389. The lowest BCUT2D eigenvalue weighted by atomic mass is 10.0. The third-order valence-corrected chi connectivity index (χ3v) is 4.61. The summed E-state index contributed by atoms with van der Waals surface area (Å²) in [6.45, 7) is 1.90. The van der Waals surface area contributed by atoms with Crippen LogP contribution in [0.3, 0.4) is 0 Å². The normalized spacial score (nSPS) is 15.7. The van der Waals surface area contributed by atoms with E-state index in [1.807, 2.05) is 11.0 Å². The molecule has 1 saturated heterocycles. The Bertz CT molecular complexity index is 788. The highest BCUT2D eigenvalue weighted by Gasteiger charge is 2.31. The van der Waals surface area contributed by atoms with Gasteiger partial charge in [0.15, 0.2) is 0 Å². The molecule has 1 aliphatic heterocycles. The van der Waals surface area contributed by atoms with Crippen LogP contribution in [0.1, 0.15) is 24.0 Å².